The Morgan fingerprint density at radius 1 is 1.02 bits per heavy atom. The first-order valence-electron chi connectivity index (χ1n) is 15.1. The predicted molar refractivity (Wildman–Crippen MR) is 164 cm³/mol. The number of aromatic nitrogens is 2. The predicted octanol–water partition coefficient (Wildman–Crippen LogP) is 5.68. The van der Waals surface area contributed by atoms with Crippen LogP contribution in [-0.4, -0.2) is 75.4 Å². The highest BCUT2D eigenvalue weighted by Gasteiger charge is 2.46. The quantitative estimate of drug-likeness (QED) is 0.114. The van der Waals surface area contributed by atoms with Gasteiger partial charge in [-0.2, -0.15) is 0 Å². The summed E-state index contributed by atoms with van der Waals surface area (Å²) in [5.74, 6) is -0.459. The van der Waals surface area contributed by atoms with Gasteiger partial charge in [0.15, 0.2) is 17.3 Å². The number of benzene rings is 1. The first-order valence-corrected chi connectivity index (χ1v) is 15.1. The lowest BCUT2D eigenvalue weighted by molar-refractivity contribution is -0.140. The monoisotopic (exact) mass is 576 g/mol. The lowest BCUT2D eigenvalue weighted by atomic mass is 9.96. The number of fused-ring (bicyclic) bond motifs is 1. The van der Waals surface area contributed by atoms with E-state index in [1.54, 1.807) is 4.90 Å². The van der Waals surface area contributed by atoms with Crippen LogP contribution in [0.3, 0.4) is 0 Å². The van der Waals surface area contributed by atoms with E-state index in [-0.39, 0.29) is 11.3 Å². The Morgan fingerprint density at radius 3 is 2.45 bits per heavy atom. The summed E-state index contributed by atoms with van der Waals surface area (Å²) < 4.78 is 13.8. The number of aryl methyl sites for hydroxylation is 2. The number of Topliss-reactive ketones (excluding diaryl/α,β-unsaturated/α-hetero) is 1. The van der Waals surface area contributed by atoms with Crippen LogP contribution >= 0.6 is 0 Å². The number of aliphatic hydroxyl groups excluding tert-OH is 1. The summed E-state index contributed by atoms with van der Waals surface area (Å²) >= 11 is 0. The number of amides is 1. The van der Waals surface area contributed by atoms with E-state index < -0.39 is 17.7 Å². The fraction of sp³-hybridized carbons (Fsp3) is 0.485. The van der Waals surface area contributed by atoms with Crippen LogP contribution in [0.4, 0.5) is 0 Å². The summed E-state index contributed by atoms with van der Waals surface area (Å²) in [6, 6.07) is 8.56. The first-order chi connectivity index (χ1) is 20.3. The van der Waals surface area contributed by atoms with Crippen LogP contribution in [0.5, 0.6) is 11.5 Å². The van der Waals surface area contributed by atoms with Gasteiger partial charge in [-0.05, 0) is 82.6 Å². The lowest BCUT2D eigenvalue weighted by Gasteiger charge is -2.27. The van der Waals surface area contributed by atoms with Crippen LogP contribution in [0.25, 0.3) is 11.4 Å². The van der Waals surface area contributed by atoms with E-state index >= 15 is 0 Å². The van der Waals surface area contributed by atoms with Crippen molar-refractivity contribution in [1.29, 1.82) is 0 Å². The van der Waals surface area contributed by atoms with Crippen LogP contribution in [0.15, 0.2) is 42.1 Å². The molecule has 42 heavy (non-hydrogen) atoms. The molecule has 1 aliphatic rings. The third-order valence-electron chi connectivity index (χ3n) is 7.95. The highest BCUT2D eigenvalue weighted by atomic mass is 16.5. The number of unbranched alkanes of at least 4 members (excludes halogenated alkanes) is 1. The minimum absolute atomic E-state index is 0.0362. The van der Waals surface area contributed by atoms with Crippen LogP contribution in [0.1, 0.15) is 75.5 Å². The van der Waals surface area contributed by atoms with Crippen molar-refractivity contribution < 1.29 is 24.2 Å². The lowest BCUT2D eigenvalue weighted by Crippen LogP contribution is -2.33. The molecule has 1 atom stereocenters. The van der Waals surface area contributed by atoms with Crippen molar-refractivity contribution in [3.8, 4) is 11.5 Å². The molecule has 4 rings (SSSR count). The molecule has 0 saturated carbocycles. The van der Waals surface area contributed by atoms with Crippen molar-refractivity contribution in [1.82, 2.24) is 19.2 Å². The van der Waals surface area contributed by atoms with E-state index in [1.807, 2.05) is 61.7 Å². The largest absolute Gasteiger partial charge is 0.505 e. The van der Waals surface area contributed by atoms with Crippen LogP contribution in [0.2, 0.25) is 0 Å². The Morgan fingerprint density at radius 2 is 1.79 bits per heavy atom. The molecule has 2 aromatic heterocycles. The van der Waals surface area contributed by atoms with Gasteiger partial charge in [0.1, 0.15) is 11.3 Å². The molecule has 1 N–H and O–H groups in total. The summed E-state index contributed by atoms with van der Waals surface area (Å²) in [6.45, 7) is 16.0. The fourth-order valence-corrected chi connectivity index (χ4v) is 5.54. The van der Waals surface area contributed by atoms with Crippen molar-refractivity contribution in [3.63, 3.8) is 0 Å². The molecule has 0 aliphatic carbocycles. The molecule has 1 aliphatic heterocycles. The van der Waals surface area contributed by atoms with Gasteiger partial charge in [0.25, 0.3) is 11.7 Å². The standard InChI is InChI=1S/C33H44N4O5/c1-7-11-20-42-25-16-15-24(21-26(25)41-10-4)29-27(31(39)33(40)37(29)19-13-17-35(8-2)9-3)30(38)28-23(6)36-18-12-14-22(5)32(36)34-28/h12,14-16,18,21,29,38H,7-11,13,17,19-20H2,1-6H3/b30-27+. The molecular formula is C33H44N4O5. The van der Waals surface area contributed by atoms with Crippen LogP contribution in [-0.2, 0) is 9.59 Å². The number of aliphatic hydroxyl groups is 1. The molecule has 9 heteroatoms. The van der Waals surface area contributed by atoms with Gasteiger partial charge in [-0.3, -0.25) is 9.59 Å². The smallest absolute Gasteiger partial charge is 0.295 e. The maximum absolute atomic E-state index is 13.7. The van der Waals surface area contributed by atoms with Gasteiger partial charge >= 0.3 is 0 Å². The van der Waals surface area contributed by atoms with Crippen molar-refractivity contribution in [2.75, 3.05) is 39.4 Å². The number of carbonyl (C=O) groups is 2. The third kappa shape index (κ3) is 6.16. The molecule has 1 unspecified atom stereocenters. The van der Waals surface area contributed by atoms with Gasteiger partial charge in [-0.25, -0.2) is 4.98 Å². The average Bonchev–Trinajstić information content (AvgIpc) is 3.46. The number of imidazole rings is 1. The zero-order valence-electron chi connectivity index (χ0n) is 25.8. The molecule has 1 saturated heterocycles. The molecule has 0 bridgehead atoms. The van der Waals surface area contributed by atoms with Gasteiger partial charge < -0.3 is 28.8 Å². The minimum Gasteiger partial charge on any atom is -0.505 e. The van der Waals surface area contributed by atoms with Crippen LogP contribution < -0.4 is 9.47 Å². The Labute approximate surface area is 248 Å². The summed E-state index contributed by atoms with van der Waals surface area (Å²) in [5, 5.41) is 11.7. The molecule has 1 amide bonds. The van der Waals surface area contributed by atoms with E-state index in [2.05, 4.69) is 25.7 Å². The van der Waals surface area contributed by atoms with E-state index in [4.69, 9.17) is 14.5 Å². The zero-order valence-corrected chi connectivity index (χ0v) is 25.8. The fourth-order valence-electron chi connectivity index (χ4n) is 5.54. The third-order valence-corrected chi connectivity index (χ3v) is 7.95. The maximum atomic E-state index is 13.7. The number of nitrogens with zero attached hydrogens (tertiary/aromatic N) is 4. The van der Waals surface area contributed by atoms with Crippen molar-refractivity contribution in [3.05, 3.63) is 64.6 Å². The normalized spacial score (nSPS) is 16.6. The molecule has 1 fully saturated rings. The topological polar surface area (TPSA) is 96.6 Å². The van der Waals surface area contributed by atoms with Gasteiger partial charge in [-0.15, -0.1) is 0 Å². The number of hydrogen-bond donors (Lipinski definition) is 1. The van der Waals surface area contributed by atoms with Crippen molar-refractivity contribution in [2.45, 2.75) is 66.8 Å². The van der Waals surface area contributed by atoms with Gasteiger partial charge in [0, 0.05) is 12.7 Å². The van der Waals surface area contributed by atoms with Crippen molar-refractivity contribution >= 4 is 23.1 Å². The van der Waals surface area contributed by atoms with Gasteiger partial charge in [0.2, 0.25) is 0 Å². The zero-order chi connectivity index (χ0) is 30.4. The Balaban J connectivity index is 1.83. The number of hydrogen-bond acceptors (Lipinski definition) is 7. The number of carbonyl (C=O) groups excluding carboxylic acids is 2. The second-order valence-electron chi connectivity index (χ2n) is 10.6. The Kier molecular flexibility index (Phi) is 10.3. The molecule has 3 heterocycles. The van der Waals surface area contributed by atoms with E-state index in [9.17, 15) is 14.7 Å². The van der Waals surface area contributed by atoms with Gasteiger partial charge in [0.05, 0.1) is 30.5 Å². The minimum atomic E-state index is -0.795. The summed E-state index contributed by atoms with van der Waals surface area (Å²) in [4.78, 5) is 35.8. The molecule has 1 aromatic carbocycles. The maximum Gasteiger partial charge on any atom is 0.295 e. The average molecular weight is 577 g/mol. The first kappa shape index (κ1) is 31.1. The second kappa shape index (κ2) is 13.9. The molecule has 3 aromatic rings. The van der Waals surface area contributed by atoms with Crippen LogP contribution in [0, 0.1) is 13.8 Å². The number of pyridine rings is 1. The van der Waals surface area contributed by atoms with Gasteiger partial charge in [-0.1, -0.05) is 39.3 Å². The van der Waals surface area contributed by atoms with Crippen molar-refractivity contribution in [2.24, 2.45) is 0 Å². The molecular weight excluding hydrogens is 532 g/mol. The number of ether oxygens (including phenoxy) is 2. The molecule has 0 spiro atoms. The number of rotatable bonds is 14. The second-order valence-corrected chi connectivity index (χ2v) is 10.6. The molecule has 9 nitrogen and oxygen atoms in total. The number of likely N-dealkylation sites (tertiary alicyclic amines) is 1. The SMILES string of the molecule is CCCCOc1ccc(C2/C(=C(\O)c3nc4c(C)cccn4c3C)C(=O)C(=O)N2CCCN(CC)CC)cc1OCC. The van der Waals surface area contributed by atoms with E-state index in [1.165, 1.54) is 0 Å². The highest BCUT2D eigenvalue weighted by molar-refractivity contribution is 6.46. The summed E-state index contributed by atoms with van der Waals surface area (Å²) in [5.41, 5.74) is 3.31. The number of ketones is 1. The Hall–Kier alpha value is -3.85. The summed E-state index contributed by atoms with van der Waals surface area (Å²) in [7, 11) is 0. The Bertz CT molecular complexity index is 1460. The van der Waals surface area contributed by atoms with E-state index in [0.717, 1.165) is 38.0 Å². The summed E-state index contributed by atoms with van der Waals surface area (Å²) in [6.07, 6.45) is 4.48. The molecule has 226 valence electrons. The van der Waals surface area contributed by atoms with E-state index in [0.29, 0.717) is 60.3 Å². The molecule has 0 radical (unpaired) electrons. The highest BCUT2D eigenvalue weighted by Crippen LogP contribution is 2.42.